The van der Waals surface area contributed by atoms with Crippen LogP contribution in [0, 0.1) is 5.92 Å². The van der Waals surface area contributed by atoms with Gasteiger partial charge in [-0.2, -0.15) is 0 Å². The summed E-state index contributed by atoms with van der Waals surface area (Å²) in [6, 6.07) is 7.31. The van der Waals surface area contributed by atoms with Crippen LogP contribution in [-0.2, 0) is 4.79 Å². The van der Waals surface area contributed by atoms with Gasteiger partial charge in [0.15, 0.2) is 0 Å². The Kier molecular flexibility index (Phi) is 5.89. The van der Waals surface area contributed by atoms with Gasteiger partial charge in [0.2, 0.25) is 5.91 Å². The maximum absolute atomic E-state index is 11.7. The van der Waals surface area contributed by atoms with Crippen LogP contribution in [0.3, 0.4) is 0 Å². The van der Waals surface area contributed by atoms with E-state index in [1.54, 1.807) is 14.1 Å². The maximum Gasteiger partial charge on any atom is 0.285 e. The average molecular weight is 280 g/mol. The fourth-order valence-electron chi connectivity index (χ4n) is 1.41. The van der Waals surface area contributed by atoms with E-state index in [0.717, 1.165) is 22.3 Å². The van der Waals surface area contributed by atoms with Crippen molar-refractivity contribution in [2.75, 3.05) is 19.4 Å². The lowest BCUT2D eigenvalue weighted by Crippen LogP contribution is -2.16. The van der Waals surface area contributed by atoms with E-state index in [4.69, 9.17) is 0 Å². The van der Waals surface area contributed by atoms with Crippen LogP contribution < -0.4 is 5.32 Å². The van der Waals surface area contributed by atoms with Gasteiger partial charge in [-0.15, -0.1) is 0 Å². The highest BCUT2D eigenvalue weighted by atomic mass is 32.2. The van der Waals surface area contributed by atoms with E-state index < -0.39 is 0 Å². The molecule has 104 valence electrons. The van der Waals surface area contributed by atoms with Crippen LogP contribution >= 0.6 is 11.8 Å². The summed E-state index contributed by atoms with van der Waals surface area (Å²) >= 11 is 1.14. The van der Waals surface area contributed by atoms with Gasteiger partial charge in [-0.05, 0) is 35.9 Å². The van der Waals surface area contributed by atoms with Gasteiger partial charge in [-0.3, -0.25) is 9.59 Å². The van der Waals surface area contributed by atoms with Crippen LogP contribution in [0.15, 0.2) is 29.2 Å². The van der Waals surface area contributed by atoms with E-state index in [-0.39, 0.29) is 11.1 Å². The number of anilines is 1. The molecule has 0 radical (unpaired) electrons. The third-order valence-corrected chi connectivity index (χ3v) is 3.31. The van der Waals surface area contributed by atoms with Gasteiger partial charge in [0, 0.05) is 31.1 Å². The molecule has 0 unspecified atom stereocenters. The van der Waals surface area contributed by atoms with Crippen molar-refractivity contribution >= 4 is 28.6 Å². The van der Waals surface area contributed by atoms with Crippen molar-refractivity contribution < 1.29 is 9.59 Å². The van der Waals surface area contributed by atoms with Crippen molar-refractivity contribution in [3.63, 3.8) is 0 Å². The SMILES string of the molecule is CC(C)CC(=O)Nc1cccc(SC(=O)N(C)C)c1. The highest BCUT2D eigenvalue weighted by Crippen LogP contribution is 2.23. The monoisotopic (exact) mass is 280 g/mol. The second-order valence-electron chi connectivity index (χ2n) is 4.94. The lowest BCUT2D eigenvalue weighted by atomic mass is 10.1. The molecule has 0 fully saturated rings. The summed E-state index contributed by atoms with van der Waals surface area (Å²) in [7, 11) is 3.42. The molecule has 1 rings (SSSR count). The minimum absolute atomic E-state index is 0.00362. The molecule has 5 heteroatoms. The minimum Gasteiger partial charge on any atom is -0.339 e. The Hall–Kier alpha value is -1.49. The second-order valence-corrected chi connectivity index (χ2v) is 5.96. The molecule has 1 aromatic carbocycles. The number of carbonyl (C=O) groups excluding carboxylic acids is 2. The lowest BCUT2D eigenvalue weighted by Gasteiger charge is -2.11. The summed E-state index contributed by atoms with van der Waals surface area (Å²) in [6.07, 6.45) is 0.494. The van der Waals surface area contributed by atoms with Crippen molar-refractivity contribution in [3.05, 3.63) is 24.3 Å². The topological polar surface area (TPSA) is 49.4 Å². The Morgan fingerprint density at radius 2 is 2.00 bits per heavy atom. The predicted octanol–water partition coefficient (Wildman–Crippen LogP) is 3.44. The molecule has 0 aliphatic rings. The number of rotatable bonds is 4. The number of hydrogen-bond acceptors (Lipinski definition) is 3. The van der Waals surface area contributed by atoms with Crippen LogP contribution in [0.2, 0.25) is 0 Å². The average Bonchev–Trinajstić information content (AvgIpc) is 2.27. The fraction of sp³-hybridized carbons (Fsp3) is 0.429. The van der Waals surface area contributed by atoms with Gasteiger partial charge in [0.25, 0.3) is 5.24 Å². The Morgan fingerprint density at radius 3 is 2.58 bits per heavy atom. The van der Waals surface area contributed by atoms with Gasteiger partial charge in [0.1, 0.15) is 0 Å². The van der Waals surface area contributed by atoms with Gasteiger partial charge in [-0.25, -0.2) is 0 Å². The number of hydrogen-bond donors (Lipinski definition) is 1. The van der Waals surface area contributed by atoms with E-state index >= 15 is 0 Å². The number of carbonyl (C=O) groups is 2. The van der Waals surface area contributed by atoms with E-state index in [1.165, 1.54) is 4.90 Å². The quantitative estimate of drug-likeness (QED) is 0.859. The van der Waals surface area contributed by atoms with E-state index in [1.807, 2.05) is 38.1 Å². The Bertz CT molecular complexity index is 459. The molecule has 1 N–H and O–H groups in total. The summed E-state index contributed by atoms with van der Waals surface area (Å²) < 4.78 is 0. The number of thioether (sulfide) groups is 1. The molecule has 0 aliphatic carbocycles. The zero-order valence-corrected chi connectivity index (χ0v) is 12.6. The van der Waals surface area contributed by atoms with E-state index in [9.17, 15) is 9.59 Å². The molecule has 0 heterocycles. The van der Waals surface area contributed by atoms with Gasteiger partial charge < -0.3 is 10.2 Å². The van der Waals surface area contributed by atoms with Crippen molar-refractivity contribution in [3.8, 4) is 0 Å². The Morgan fingerprint density at radius 1 is 1.32 bits per heavy atom. The largest absolute Gasteiger partial charge is 0.339 e. The molecule has 2 amide bonds. The zero-order valence-electron chi connectivity index (χ0n) is 11.8. The molecular weight excluding hydrogens is 260 g/mol. The summed E-state index contributed by atoms with van der Waals surface area (Å²) in [5, 5.41) is 2.80. The van der Waals surface area contributed by atoms with E-state index in [0.29, 0.717) is 12.3 Å². The summed E-state index contributed by atoms with van der Waals surface area (Å²) in [5.74, 6) is 0.323. The minimum atomic E-state index is -0.0364. The molecule has 0 aromatic heterocycles. The van der Waals surface area contributed by atoms with Crippen LogP contribution in [0.5, 0.6) is 0 Å². The van der Waals surface area contributed by atoms with Crippen molar-refractivity contribution in [2.24, 2.45) is 5.92 Å². The molecule has 0 aliphatic heterocycles. The molecule has 19 heavy (non-hydrogen) atoms. The van der Waals surface area contributed by atoms with Gasteiger partial charge in [0.05, 0.1) is 0 Å². The van der Waals surface area contributed by atoms with E-state index in [2.05, 4.69) is 5.32 Å². The van der Waals surface area contributed by atoms with Gasteiger partial charge >= 0.3 is 0 Å². The standard InChI is InChI=1S/C14H20N2O2S/c1-10(2)8-13(17)15-11-6-5-7-12(9-11)19-14(18)16(3)4/h5-7,9-10H,8H2,1-4H3,(H,15,17). The van der Waals surface area contributed by atoms with Crippen LogP contribution in [0.4, 0.5) is 10.5 Å². The summed E-state index contributed by atoms with van der Waals surface area (Å²) in [6.45, 7) is 4.00. The van der Waals surface area contributed by atoms with Crippen molar-refractivity contribution in [1.29, 1.82) is 0 Å². The molecule has 4 nitrogen and oxygen atoms in total. The molecule has 0 spiro atoms. The number of nitrogens with zero attached hydrogens (tertiary/aromatic N) is 1. The molecular formula is C14H20N2O2S. The molecule has 0 saturated heterocycles. The first-order valence-electron chi connectivity index (χ1n) is 6.17. The molecule has 0 bridgehead atoms. The van der Waals surface area contributed by atoms with Crippen LogP contribution in [0.25, 0.3) is 0 Å². The second kappa shape index (κ2) is 7.19. The molecule has 0 saturated carbocycles. The normalized spacial score (nSPS) is 10.4. The number of benzene rings is 1. The van der Waals surface area contributed by atoms with Crippen LogP contribution in [-0.4, -0.2) is 30.1 Å². The highest BCUT2D eigenvalue weighted by Gasteiger charge is 2.09. The van der Waals surface area contributed by atoms with Gasteiger partial charge in [-0.1, -0.05) is 19.9 Å². The third-order valence-electron chi connectivity index (χ3n) is 2.28. The molecule has 1 aromatic rings. The number of amides is 2. The Balaban J connectivity index is 2.67. The summed E-state index contributed by atoms with van der Waals surface area (Å²) in [5.41, 5.74) is 0.724. The fourth-order valence-corrected chi connectivity index (χ4v) is 2.13. The first-order valence-corrected chi connectivity index (χ1v) is 6.99. The first-order chi connectivity index (χ1) is 8.88. The molecule has 0 atom stereocenters. The lowest BCUT2D eigenvalue weighted by molar-refractivity contribution is -0.116. The summed E-state index contributed by atoms with van der Waals surface area (Å²) in [4.78, 5) is 25.6. The number of nitrogens with one attached hydrogen (secondary N) is 1. The highest BCUT2D eigenvalue weighted by molar-refractivity contribution is 8.13. The maximum atomic E-state index is 11.7. The van der Waals surface area contributed by atoms with Crippen LogP contribution in [0.1, 0.15) is 20.3 Å². The Labute approximate surface area is 118 Å². The smallest absolute Gasteiger partial charge is 0.285 e. The zero-order chi connectivity index (χ0) is 14.4. The van der Waals surface area contributed by atoms with Crippen molar-refractivity contribution in [1.82, 2.24) is 4.90 Å². The third kappa shape index (κ3) is 5.79. The first kappa shape index (κ1) is 15.6. The predicted molar refractivity (Wildman–Crippen MR) is 79.5 cm³/mol. The van der Waals surface area contributed by atoms with Crippen molar-refractivity contribution in [2.45, 2.75) is 25.2 Å².